The number of carbonyl (C=O) groups excluding carboxylic acids is 1. The Morgan fingerprint density at radius 3 is 2.64 bits per heavy atom. The second kappa shape index (κ2) is 3.48. The topological polar surface area (TPSA) is 34.0 Å². The van der Waals surface area contributed by atoms with Crippen molar-refractivity contribution in [3.05, 3.63) is 21.9 Å². The number of hydrogen-bond acceptors (Lipinski definition) is 1. The number of nitrogens with zero attached hydrogens (tertiary/aromatic N) is 1. The van der Waals surface area contributed by atoms with Crippen LogP contribution in [0, 0.1) is 0 Å². The van der Waals surface area contributed by atoms with Crippen LogP contribution in [0.15, 0.2) is 6.07 Å². The molecule has 0 aliphatic heterocycles. The summed E-state index contributed by atoms with van der Waals surface area (Å²) in [6.07, 6.45) is 2.13. The van der Waals surface area contributed by atoms with Crippen LogP contribution < -0.4 is 5.32 Å². The predicted octanol–water partition coefficient (Wildman–Crippen LogP) is 2.22. The van der Waals surface area contributed by atoms with Crippen molar-refractivity contribution in [2.45, 2.75) is 18.9 Å². The Morgan fingerprint density at radius 1 is 1.57 bits per heavy atom. The van der Waals surface area contributed by atoms with Gasteiger partial charge in [0.2, 0.25) is 0 Å². The van der Waals surface area contributed by atoms with Crippen LogP contribution in [0.5, 0.6) is 0 Å². The van der Waals surface area contributed by atoms with E-state index in [-0.39, 0.29) is 5.91 Å². The average Bonchev–Trinajstić information content (AvgIpc) is 2.90. The molecule has 0 saturated heterocycles. The molecule has 0 aromatic carbocycles. The highest BCUT2D eigenvalue weighted by atomic mass is 35.5. The molecule has 0 radical (unpaired) electrons. The molecule has 2 rings (SSSR count). The maximum absolute atomic E-state index is 11.6. The fraction of sp³-hybridized carbons (Fsp3) is 0.444. The second-order valence-electron chi connectivity index (χ2n) is 3.48. The van der Waals surface area contributed by atoms with Crippen molar-refractivity contribution in [2.24, 2.45) is 7.05 Å². The molecule has 0 bridgehead atoms. The number of halogens is 2. The minimum absolute atomic E-state index is 0.108. The zero-order valence-corrected chi connectivity index (χ0v) is 9.19. The van der Waals surface area contributed by atoms with E-state index in [0.717, 1.165) is 12.8 Å². The van der Waals surface area contributed by atoms with Crippen LogP contribution in [0.4, 0.5) is 0 Å². The third-order valence-electron chi connectivity index (χ3n) is 2.26. The summed E-state index contributed by atoms with van der Waals surface area (Å²) in [6.45, 7) is 0. The maximum atomic E-state index is 11.6. The Bertz CT molecular complexity index is 382. The summed E-state index contributed by atoms with van der Waals surface area (Å²) in [4.78, 5) is 11.6. The first-order valence-corrected chi connectivity index (χ1v) is 5.16. The van der Waals surface area contributed by atoms with Crippen LogP contribution in [-0.2, 0) is 7.05 Å². The molecule has 1 fully saturated rings. The zero-order chi connectivity index (χ0) is 10.3. The van der Waals surface area contributed by atoms with Crippen molar-refractivity contribution in [1.29, 1.82) is 0 Å². The highest BCUT2D eigenvalue weighted by molar-refractivity contribution is 6.41. The van der Waals surface area contributed by atoms with Gasteiger partial charge in [-0.25, -0.2) is 0 Å². The summed E-state index contributed by atoms with van der Waals surface area (Å²) in [6, 6.07) is 1.93. The van der Waals surface area contributed by atoms with E-state index in [1.165, 1.54) is 0 Å². The van der Waals surface area contributed by atoms with Crippen LogP contribution in [0.3, 0.4) is 0 Å². The molecule has 0 atom stereocenters. The van der Waals surface area contributed by atoms with Gasteiger partial charge in [-0.2, -0.15) is 0 Å². The lowest BCUT2D eigenvalue weighted by molar-refractivity contribution is 0.0943. The van der Waals surface area contributed by atoms with Gasteiger partial charge in [-0.05, 0) is 18.9 Å². The fourth-order valence-corrected chi connectivity index (χ4v) is 1.62. The normalized spacial score (nSPS) is 15.6. The fourth-order valence-electron chi connectivity index (χ4n) is 1.25. The highest BCUT2D eigenvalue weighted by Gasteiger charge is 2.25. The first-order chi connectivity index (χ1) is 6.59. The lowest BCUT2D eigenvalue weighted by Gasteiger charge is -2.04. The monoisotopic (exact) mass is 232 g/mol. The molecule has 5 heteroatoms. The largest absolute Gasteiger partial charge is 0.348 e. The maximum Gasteiger partial charge on any atom is 0.268 e. The Hall–Kier alpha value is -0.670. The van der Waals surface area contributed by atoms with Crippen LogP contribution in [0.2, 0.25) is 10.2 Å². The molecule has 3 nitrogen and oxygen atoms in total. The standard InChI is InChI=1S/C9H10Cl2N2O/c1-13-7(4-6(10)8(13)11)9(14)12-5-2-3-5/h4-5H,2-3H2,1H3,(H,12,14). The molecule has 1 aliphatic rings. The van der Waals surface area contributed by atoms with Crippen LogP contribution in [-0.4, -0.2) is 16.5 Å². The van der Waals surface area contributed by atoms with Crippen molar-refractivity contribution >= 4 is 29.1 Å². The third kappa shape index (κ3) is 1.74. The minimum atomic E-state index is -0.108. The van der Waals surface area contributed by atoms with E-state index >= 15 is 0 Å². The lowest BCUT2D eigenvalue weighted by Crippen LogP contribution is -2.27. The van der Waals surface area contributed by atoms with Gasteiger partial charge in [0.15, 0.2) is 0 Å². The van der Waals surface area contributed by atoms with Gasteiger partial charge >= 0.3 is 0 Å². The van der Waals surface area contributed by atoms with E-state index in [2.05, 4.69) is 5.32 Å². The van der Waals surface area contributed by atoms with Crippen molar-refractivity contribution in [1.82, 2.24) is 9.88 Å². The van der Waals surface area contributed by atoms with Crippen LogP contribution >= 0.6 is 23.2 Å². The van der Waals surface area contributed by atoms with Gasteiger partial charge in [0.25, 0.3) is 5.91 Å². The van der Waals surface area contributed by atoms with E-state index in [1.807, 2.05) is 0 Å². The van der Waals surface area contributed by atoms with Gasteiger partial charge in [0, 0.05) is 13.1 Å². The Morgan fingerprint density at radius 2 is 2.21 bits per heavy atom. The molecule has 1 amide bonds. The quantitative estimate of drug-likeness (QED) is 0.834. The average molecular weight is 233 g/mol. The second-order valence-corrected chi connectivity index (χ2v) is 4.24. The number of hydrogen-bond donors (Lipinski definition) is 1. The Labute approximate surface area is 92.0 Å². The Balaban J connectivity index is 2.21. The van der Waals surface area contributed by atoms with Gasteiger partial charge in [-0.3, -0.25) is 4.79 Å². The molecule has 14 heavy (non-hydrogen) atoms. The van der Waals surface area contributed by atoms with E-state index in [1.54, 1.807) is 17.7 Å². The van der Waals surface area contributed by atoms with Gasteiger partial charge < -0.3 is 9.88 Å². The van der Waals surface area contributed by atoms with Crippen LogP contribution in [0.25, 0.3) is 0 Å². The van der Waals surface area contributed by atoms with Crippen molar-refractivity contribution in [2.75, 3.05) is 0 Å². The molecule has 1 N–H and O–H groups in total. The van der Waals surface area contributed by atoms with Gasteiger partial charge in [-0.15, -0.1) is 0 Å². The van der Waals surface area contributed by atoms with E-state index in [9.17, 15) is 4.79 Å². The van der Waals surface area contributed by atoms with Crippen molar-refractivity contribution in [3.8, 4) is 0 Å². The number of nitrogens with one attached hydrogen (secondary N) is 1. The molecule has 76 valence electrons. The summed E-state index contributed by atoms with van der Waals surface area (Å²) in [7, 11) is 1.72. The molecule has 0 unspecified atom stereocenters. The Kier molecular flexibility index (Phi) is 2.45. The molecular weight excluding hydrogens is 223 g/mol. The first kappa shape index (κ1) is 9.87. The summed E-state index contributed by atoms with van der Waals surface area (Å²) in [5.41, 5.74) is 0.506. The molecular formula is C9H10Cl2N2O. The van der Waals surface area contributed by atoms with Gasteiger partial charge in [0.1, 0.15) is 10.8 Å². The zero-order valence-electron chi connectivity index (χ0n) is 7.68. The van der Waals surface area contributed by atoms with E-state index in [0.29, 0.717) is 21.9 Å². The van der Waals surface area contributed by atoms with Crippen molar-refractivity contribution < 1.29 is 4.79 Å². The molecule has 1 heterocycles. The molecule has 1 saturated carbocycles. The summed E-state index contributed by atoms with van der Waals surface area (Å²) < 4.78 is 1.58. The highest BCUT2D eigenvalue weighted by Crippen LogP contribution is 2.26. The van der Waals surface area contributed by atoms with Crippen LogP contribution in [0.1, 0.15) is 23.3 Å². The van der Waals surface area contributed by atoms with Gasteiger partial charge in [0.05, 0.1) is 5.02 Å². The third-order valence-corrected chi connectivity index (χ3v) is 3.10. The van der Waals surface area contributed by atoms with E-state index < -0.39 is 0 Å². The number of amides is 1. The summed E-state index contributed by atoms with van der Waals surface area (Å²) >= 11 is 11.6. The van der Waals surface area contributed by atoms with E-state index in [4.69, 9.17) is 23.2 Å². The molecule has 1 aromatic rings. The SMILES string of the molecule is Cn1c(C(=O)NC2CC2)cc(Cl)c1Cl. The molecule has 1 aromatic heterocycles. The smallest absolute Gasteiger partial charge is 0.268 e. The number of rotatable bonds is 2. The summed E-state index contributed by atoms with van der Waals surface area (Å²) in [5, 5.41) is 3.68. The number of carbonyl (C=O) groups is 1. The molecule has 1 aliphatic carbocycles. The number of aromatic nitrogens is 1. The summed E-state index contributed by atoms with van der Waals surface area (Å²) in [5.74, 6) is -0.108. The minimum Gasteiger partial charge on any atom is -0.348 e. The van der Waals surface area contributed by atoms with Crippen molar-refractivity contribution in [3.63, 3.8) is 0 Å². The lowest BCUT2D eigenvalue weighted by atomic mass is 10.4. The molecule has 0 spiro atoms. The predicted molar refractivity (Wildman–Crippen MR) is 55.9 cm³/mol. The van der Waals surface area contributed by atoms with Gasteiger partial charge in [-0.1, -0.05) is 23.2 Å². The first-order valence-electron chi connectivity index (χ1n) is 4.41.